The van der Waals surface area contributed by atoms with Gasteiger partial charge in [-0.05, 0) is 42.8 Å². The summed E-state index contributed by atoms with van der Waals surface area (Å²) < 4.78 is 5.38. The maximum Gasteiger partial charge on any atom is 0.333 e. The molecular weight excluding hydrogens is 363 g/mol. The molecule has 0 unspecified atom stereocenters. The van der Waals surface area contributed by atoms with Gasteiger partial charge in [-0.15, -0.1) is 0 Å². The molecule has 1 fully saturated rings. The lowest BCUT2D eigenvalue weighted by atomic mass is 10.1. The van der Waals surface area contributed by atoms with Crippen LogP contribution in [0.15, 0.2) is 48.2 Å². The third-order valence-electron chi connectivity index (χ3n) is 3.51. The van der Waals surface area contributed by atoms with Crippen molar-refractivity contribution in [2.45, 2.75) is 6.92 Å². The van der Waals surface area contributed by atoms with Crippen LogP contribution in [0.25, 0.3) is 6.08 Å². The highest BCUT2D eigenvalue weighted by Crippen LogP contribution is 2.35. The molecule has 0 bridgehead atoms. The summed E-state index contributed by atoms with van der Waals surface area (Å²) in [6.07, 6.45) is 1.52. The van der Waals surface area contributed by atoms with Gasteiger partial charge in [-0.25, -0.2) is 9.69 Å². The summed E-state index contributed by atoms with van der Waals surface area (Å²) in [6, 6.07) is 11.4. The largest absolute Gasteiger partial charge is 0.491 e. The molecule has 0 aliphatic carbocycles. The van der Waals surface area contributed by atoms with E-state index in [1.165, 1.54) is 6.08 Å². The lowest BCUT2D eigenvalue weighted by Crippen LogP contribution is -2.30. The molecule has 2 aromatic rings. The van der Waals surface area contributed by atoms with Crippen molar-refractivity contribution in [2.24, 2.45) is 0 Å². The monoisotopic (exact) mass is 376 g/mol. The van der Waals surface area contributed by atoms with Crippen LogP contribution < -0.4 is 15.0 Å². The number of carbonyl (C=O) groups excluding carboxylic acids is 2. The van der Waals surface area contributed by atoms with Gasteiger partial charge in [0.25, 0.3) is 5.91 Å². The highest BCUT2D eigenvalue weighted by atomic mass is 35.5. The van der Waals surface area contributed by atoms with E-state index in [0.29, 0.717) is 33.7 Å². The zero-order chi connectivity index (χ0) is 18.0. The smallest absolute Gasteiger partial charge is 0.333 e. The molecule has 7 heteroatoms. The van der Waals surface area contributed by atoms with Gasteiger partial charge in [0.15, 0.2) is 5.75 Å². The Morgan fingerprint density at radius 1 is 1.12 bits per heavy atom. The highest BCUT2D eigenvalue weighted by molar-refractivity contribution is 6.37. The third kappa shape index (κ3) is 3.48. The summed E-state index contributed by atoms with van der Waals surface area (Å²) in [5.74, 6) is -0.0574. The summed E-state index contributed by atoms with van der Waals surface area (Å²) in [6.45, 7) is 2.26. The van der Waals surface area contributed by atoms with E-state index in [4.69, 9.17) is 27.9 Å². The van der Waals surface area contributed by atoms with Crippen molar-refractivity contribution in [3.05, 3.63) is 63.8 Å². The average molecular weight is 377 g/mol. The molecule has 0 aromatic heterocycles. The van der Waals surface area contributed by atoms with Crippen LogP contribution in [0.1, 0.15) is 12.5 Å². The van der Waals surface area contributed by atoms with Crippen LogP contribution in [0.2, 0.25) is 10.0 Å². The molecule has 0 radical (unpaired) electrons. The van der Waals surface area contributed by atoms with E-state index < -0.39 is 11.9 Å². The van der Waals surface area contributed by atoms with E-state index in [1.54, 1.807) is 36.4 Å². The van der Waals surface area contributed by atoms with Gasteiger partial charge in [0, 0.05) is 0 Å². The Morgan fingerprint density at radius 2 is 1.76 bits per heavy atom. The molecule has 3 amide bonds. The standard InChI is InChI=1S/C18H14Cl2N2O3/c1-2-25-16-13(19)8-11(9-14(16)20)10-15-17(23)22(18(24)21-15)12-6-4-3-5-7-12/h3-10H,2H2,1H3,(H,21,24). The fourth-order valence-electron chi connectivity index (χ4n) is 2.46. The van der Waals surface area contributed by atoms with E-state index in [2.05, 4.69) is 5.32 Å². The maximum atomic E-state index is 12.5. The van der Waals surface area contributed by atoms with Gasteiger partial charge >= 0.3 is 6.03 Å². The first kappa shape index (κ1) is 17.3. The normalized spacial score (nSPS) is 15.6. The number of nitrogens with zero attached hydrogens (tertiary/aromatic N) is 1. The second-order valence-electron chi connectivity index (χ2n) is 5.21. The fraction of sp³-hybridized carbons (Fsp3) is 0.111. The zero-order valence-corrected chi connectivity index (χ0v) is 14.8. The Balaban J connectivity index is 1.93. The molecule has 1 heterocycles. The molecular formula is C18H14Cl2N2O3. The quantitative estimate of drug-likeness (QED) is 0.631. The topological polar surface area (TPSA) is 58.6 Å². The number of para-hydroxylation sites is 1. The average Bonchev–Trinajstić information content (AvgIpc) is 2.85. The number of hydrogen-bond acceptors (Lipinski definition) is 3. The molecule has 128 valence electrons. The van der Waals surface area contributed by atoms with E-state index in [1.807, 2.05) is 13.0 Å². The third-order valence-corrected chi connectivity index (χ3v) is 4.07. The number of nitrogens with one attached hydrogen (secondary N) is 1. The first-order valence-electron chi connectivity index (χ1n) is 7.55. The number of rotatable bonds is 4. The van der Waals surface area contributed by atoms with E-state index in [-0.39, 0.29) is 5.70 Å². The number of benzene rings is 2. The van der Waals surface area contributed by atoms with Crippen molar-refractivity contribution in [3.8, 4) is 5.75 Å². The lowest BCUT2D eigenvalue weighted by Gasteiger charge is -2.11. The Bertz CT molecular complexity index is 843. The highest BCUT2D eigenvalue weighted by Gasteiger charge is 2.34. The van der Waals surface area contributed by atoms with Crippen molar-refractivity contribution in [2.75, 3.05) is 11.5 Å². The van der Waals surface area contributed by atoms with Crippen molar-refractivity contribution in [1.82, 2.24) is 5.32 Å². The second-order valence-corrected chi connectivity index (χ2v) is 6.03. The summed E-state index contributed by atoms with van der Waals surface area (Å²) >= 11 is 12.3. The lowest BCUT2D eigenvalue weighted by molar-refractivity contribution is -0.113. The number of amides is 3. The molecule has 25 heavy (non-hydrogen) atoms. The first-order chi connectivity index (χ1) is 12.0. The number of hydrogen-bond donors (Lipinski definition) is 1. The number of urea groups is 1. The van der Waals surface area contributed by atoms with Crippen molar-refractivity contribution in [3.63, 3.8) is 0 Å². The molecule has 0 atom stereocenters. The molecule has 3 rings (SSSR count). The first-order valence-corrected chi connectivity index (χ1v) is 8.31. The van der Waals surface area contributed by atoms with Gasteiger partial charge in [-0.3, -0.25) is 4.79 Å². The predicted octanol–water partition coefficient (Wildman–Crippen LogP) is 4.49. The summed E-state index contributed by atoms with van der Waals surface area (Å²) in [4.78, 5) is 25.8. The van der Waals surface area contributed by atoms with Crippen molar-refractivity contribution in [1.29, 1.82) is 0 Å². The van der Waals surface area contributed by atoms with Gasteiger partial charge in [0.05, 0.1) is 22.3 Å². The van der Waals surface area contributed by atoms with Crippen LogP contribution in [0.3, 0.4) is 0 Å². The van der Waals surface area contributed by atoms with Gasteiger partial charge in [0.2, 0.25) is 0 Å². The zero-order valence-electron chi connectivity index (χ0n) is 13.3. The molecule has 1 N–H and O–H groups in total. The van der Waals surface area contributed by atoms with Crippen LogP contribution >= 0.6 is 23.2 Å². The van der Waals surface area contributed by atoms with Gasteiger partial charge in [0.1, 0.15) is 5.70 Å². The van der Waals surface area contributed by atoms with E-state index >= 15 is 0 Å². The number of carbonyl (C=O) groups is 2. The van der Waals surface area contributed by atoms with Gasteiger partial charge in [-0.2, -0.15) is 0 Å². The van der Waals surface area contributed by atoms with Crippen molar-refractivity contribution >= 4 is 46.9 Å². The van der Waals surface area contributed by atoms with Crippen LogP contribution in [0.4, 0.5) is 10.5 Å². The van der Waals surface area contributed by atoms with Gasteiger partial charge in [-0.1, -0.05) is 41.4 Å². The Kier molecular flexibility index (Phi) is 4.97. The predicted molar refractivity (Wildman–Crippen MR) is 98.1 cm³/mol. The molecule has 0 saturated carbocycles. The molecule has 1 aliphatic rings. The Morgan fingerprint density at radius 3 is 2.36 bits per heavy atom. The van der Waals surface area contributed by atoms with Crippen LogP contribution in [0, 0.1) is 0 Å². The fourth-order valence-corrected chi connectivity index (χ4v) is 3.07. The Labute approximate surface area is 154 Å². The summed E-state index contributed by atoms with van der Waals surface area (Å²) in [5, 5.41) is 3.22. The maximum absolute atomic E-state index is 12.5. The minimum Gasteiger partial charge on any atom is -0.491 e. The number of anilines is 1. The second kappa shape index (κ2) is 7.17. The van der Waals surface area contributed by atoms with Crippen LogP contribution in [-0.4, -0.2) is 18.5 Å². The van der Waals surface area contributed by atoms with E-state index in [0.717, 1.165) is 4.90 Å². The summed E-state index contributed by atoms with van der Waals surface area (Å²) in [7, 11) is 0. The SMILES string of the molecule is CCOc1c(Cl)cc(C=C2NC(=O)N(c3ccccc3)C2=O)cc1Cl. The van der Waals surface area contributed by atoms with Crippen LogP contribution in [0.5, 0.6) is 5.75 Å². The van der Waals surface area contributed by atoms with Crippen molar-refractivity contribution < 1.29 is 14.3 Å². The molecule has 1 aliphatic heterocycles. The van der Waals surface area contributed by atoms with Crippen LogP contribution in [-0.2, 0) is 4.79 Å². The summed E-state index contributed by atoms with van der Waals surface area (Å²) in [5.41, 5.74) is 1.22. The minimum absolute atomic E-state index is 0.144. The minimum atomic E-state index is -0.509. The van der Waals surface area contributed by atoms with Gasteiger partial charge < -0.3 is 10.1 Å². The number of halogens is 2. The van der Waals surface area contributed by atoms with E-state index in [9.17, 15) is 9.59 Å². The number of imide groups is 1. The molecule has 5 nitrogen and oxygen atoms in total. The number of ether oxygens (including phenoxy) is 1. The molecule has 2 aromatic carbocycles. The molecule has 0 spiro atoms. The Hall–Kier alpha value is -2.50. The molecule has 1 saturated heterocycles.